The number of benzodiazepines with no additional fused rings is 1. The number of hydrogen-bond donors (Lipinski definition) is 1. The lowest BCUT2D eigenvalue weighted by Gasteiger charge is -2.26. The number of fused-ring (bicyclic) bond motifs is 1. The van der Waals surface area contributed by atoms with Gasteiger partial charge in [-0.1, -0.05) is 60.7 Å². The Bertz CT molecular complexity index is 1000. The molecular weight excluding hydrogens is 421 g/mol. The Morgan fingerprint density at radius 2 is 1.83 bits per heavy atom. The van der Waals surface area contributed by atoms with Gasteiger partial charge in [-0.2, -0.15) is 0 Å². The van der Waals surface area contributed by atoms with Crippen LogP contribution in [0.2, 0.25) is 10.0 Å². The maximum absolute atomic E-state index is 12.9. The Hall–Kier alpha value is -2.37. The lowest BCUT2D eigenvalue weighted by atomic mass is 9.95. The van der Waals surface area contributed by atoms with Crippen LogP contribution < -0.4 is 10.2 Å². The van der Waals surface area contributed by atoms with Crippen LogP contribution in [0.1, 0.15) is 43.2 Å². The summed E-state index contributed by atoms with van der Waals surface area (Å²) in [5.74, 6) is -0.392. The Morgan fingerprint density at radius 3 is 2.60 bits per heavy atom. The van der Waals surface area contributed by atoms with Crippen LogP contribution in [0.3, 0.4) is 0 Å². The third kappa shape index (κ3) is 4.52. The van der Waals surface area contributed by atoms with Gasteiger partial charge >= 0.3 is 0 Å². The largest absolute Gasteiger partial charge is 0.352 e. The number of rotatable bonds is 4. The van der Waals surface area contributed by atoms with Gasteiger partial charge in [-0.05, 0) is 37.1 Å². The van der Waals surface area contributed by atoms with E-state index in [0.29, 0.717) is 27.0 Å². The van der Waals surface area contributed by atoms with Crippen molar-refractivity contribution in [2.75, 3.05) is 18.0 Å². The molecule has 2 aromatic carbocycles. The Labute approximate surface area is 186 Å². The molecule has 1 aliphatic heterocycles. The van der Waals surface area contributed by atoms with E-state index >= 15 is 0 Å². The van der Waals surface area contributed by atoms with Gasteiger partial charge in [-0.3, -0.25) is 14.6 Å². The van der Waals surface area contributed by atoms with E-state index in [1.54, 1.807) is 24.3 Å². The molecule has 0 spiro atoms. The number of carbonyl (C=O) groups excluding carboxylic acids is 2. The minimum absolute atomic E-state index is 0.0463. The first kappa shape index (κ1) is 20.9. The molecule has 7 heteroatoms. The molecule has 2 aliphatic rings. The van der Waals surface area contributed by atoms with Crippen LogP contribution in [0.25, 0.3) is 0 Å². The summed E-state index contributed by atoms with van der Waals surface area (Å²) in [6, 6.07) is 12.8. The molecule has 0 bridgehead atoms. The third-order valence-corrected chi connectivity index (χ3v) is 6.14. The third-order valence-electron chi connectivity index (χ3n) is 5.58. The fraction of sp³-hybridized carbons (Fsp3) is 0.348. The monoisotopic (exact) mass is 443 g/mol. The first-order chi connectivity index (χ1) is 14.5. The van der Waals surface area contributed by atoms with Crippen molar-refractivity contribution in [1.82, 2.24) is 5.32 Å². The normalized spacial score (nSPS) is 17.2. The second kappa shape index (κ2) is 9.19. The van der Waals surface area contributed by atoms with E-state index in [-0.39, 0.29) is 30.9 Å². The molecular formula is C23H23Cl2N3O2. The number of aliphatic imine (C=N–C) groups is 1. The molecule has 156 valence electrons. The minimum Gasteiger partial charge on any atom is -0.352 e. The van der Waals surface area contributed by atoms with Crippen LogP contribution in [0.5, 0.6) is 0 Å². The van der Waals surface area contributed by atoms with Crippen molar-refractivity contribution < 1.29 is 9.59 Å². The molecule has 1 aliphatic carbocycles. The van der Waals surface area contributed by atoms with Gasteiger partial charge in [0.05, 0.1) is 11.4 Å². The zero-order valence-electron chi connectivity index (χ0n) is 16.5. The second-order valence-corrected chi connectivity index (χ2v) is 8.53. The number of halogens is 2. The summed E-state index contributed by atoms with van der Waals surface area (Å²) in [4.78, 5) is 31.7. The average Bonchev–Trinajstić information content (AvgIpc) is 2.86. The van der Waals surface area contributed by atoms with Crippen LogP contribution in [0, 0.1) is 0 Å². The average molecular weight is 444 g/mol. The Morgan fingerprint density at radius 1 is 1.07 bits per heavy atom. The molecule has 2 amide bonds. The number of anilines is 1. The summed E-state index contributed by atoms with van der Waals surface area (Å²) in [6.45, 7) is -0.112. The molecule has 0 aromatic heterocycles. The highest BCUT2D eigenvalue weighted by atomic mass is 35.5. The molecule has 5 nitrogen and oxygen atoms in total. The highest BCUT2D eigenvalue weighted by Gasteiger charge is 2.28. The van der Waals surface area contributed by atoms with E-state index < -0.39 is 0 Å². The SMILES string of the molecule is O=C(CN1C(=O)CN=C(c2ccccc2Cl)c2cc(Cl)ccc21)NC1CCCCC1. The lowest BCUT2D eigenvalue weighted by molar-refractivity contribution is -0.123. The maximum atomic E-state index is 12.9. The van der Waals surface area contributed by atoms with Crippen molar-refractivity contribution in [3.8, 4) is 0 Å². The minimum atomic E-state index is -0.237. The first-order valence-electron chi connectivity index (χ1n) is 10.2. The molecule has 2 aromatic rings. The molecule has 1 saturated carbocycles. The van der Waals surface area contributed by atoms with Gasteiger partial charge in [0.1, 0.15) is 13.1 Å². The number of hydrogen-bond acceptors (Lipinski definition) is 3. The van der Waals surface area contributed by atoms with E-state index in [1.165, 1.54) is 11.3 Å². The van der Waals surface area contributed by atoms with Crippen molar-refractivity contribution in [3.05, 3.63) is 63.6 Å². The van der Waals surface area contributed by atoms with Crippen LogP contribution in [-0.4, -0.2) is 36.7 Å². The van der Waals surface area contributed by atoms with Crippen LogP contribution in [-0.2, 0) is 9.59 Å². The molecule has 30 heavy (non-hydrogen) atoms. The fourth-order valence-electron chi connectivity index (χ4n) is 4.11. The molecule has 0 unspecified atom stereocenters. The van der Waals surface area contributed by atoms with Crippen molar-refractivity contribution in [1.29, 1.82) is 0 Å². The summed E-state index contributed by atoms with van der Waals surface area (Å²) < 4.78 is 0. The van der Waals surface area contributed by atoms with Gasteiger partial charge < -0.3 is 10.2 Å². The number of nitrogens with one attached hydrogen (secondary N) is 1. The quantitative estimate of drug-likeness (QED) is 0.748. The van der Waals surface area contributed by atoms with E-state index in [4.69, 9.17) is 23.2 Å². The van der Waals surface area contributed by atoms with Crippen molar-refractivity contribution >= 4 is 46.4 Å². The molecule has 1 heterocycles. The van der Waals surface area contributed by atoms with E-state index in [9.17, 15) is 9.59 Å². The van der Waals surface area contributed by atoms with Crippen LogP contribution >= 0.6 is 23.2 Å². The van der Waals surface area contributed by atoms with Crippen LogP contribution in [0.4, 0.5) is 5.69 Å². The first-order valence-corrected chi connectivity index (χ1v) is 11.0. The Kier molecular flexibility index (Phi) is 6.40. The molecule has 1 N–H and O–H groups in total. The number of benzene rings is 2. The van der Waals surface area contributed by atoms with Crippen molar-refractivity contribution in [2.24, 2.45) is 4.99 Å². The topological polar surface area (TPSA) is 61.8 Å². The maximum Gasteiger partial charge on any atom is 0.249 e. The van der Waals surface area contributed by atoms with Crippen LogP contribution in [0.15, 0.2) is 47.5 Å². The number of amides is 2. The lowest BCUT2D eigenvalue weighted by Crippen LogP contribution is -2.45. The standard InChI is InChI=1S/C23H23Cl2N3O2/c24-15-10-11-20-18(12-15)23(17-8-4-5-9-19(17)25)26-13-22(30)28(20)14-21(29)27-16-6-2-1-3-7-16/h4-5,8-12,16H,1-3,6-7,13-14H2,(H,27,29). The summed E-state index contributed by atoms with van der Waals surface area (Å²) in [5, 5.41) is 4.15. The predicted octanol–water partition coefficient (Wildman–Crippen LogP) is 4.63. The number of carbonyl (C=O) groups is 2. The zero-order chi connectivity index (χ0) is 21.1. The molecule has 4 rings (SSSR count). The van der Waals surface area contributed by atoms with Gasteiger partial charge in [-0.25, -0.2) is 0 Å². The molecule has 0 radical (unpaired) electrons. The smallest absolute Gasteiger partial charge is 0.249 e. The van der Waals surface area contributed by atoms with Gasteiger partial charge in [-0.15, -0.1) is 0 Å². The molecule has 0 atom stereocenters. The second-order valence-electron chi connectivity index (χ2n) is 7.69. The Balaban J connectivity index is 1.65. The van der Waals surface area contributed by atoms with Crippen molar-refractivity contribution in [2.45, 2.75) is 38.1 Å². The summed E-state index contributed by atoms with van der Waals surface area (Å²) in [6.07, 6.45) is 5.46. The highest BCUT2D eigenvalue weighted by molar-refractivity contribution is 6.37. The predicted molar refractivity (Wildman–Crippen MR) is 121 cm³/mol. The zero-order valence-corrected chi connectivity index (χ0v) is 18.0. The van der Waals surface area contributed by atoms with Gasteiger partial charge in [0.25, 0.3) is 0 Å². The summed E-state index contributed by atoms with van der Waals surface area (Å²) in [7, 11) is 0. The van der Waals surface area contributed by atoms with Gasteiger partial charge in [0, 0.05) is 27.2 Å². The van der Waals surface area contributed by atoms with Crippen molar-refractivity contribution in [3.63, 3.8) is 0 Å². The van der Waals surface area contributed by atoms with Gasteiger partial charge in [0.15, 0.2) is 0 Å². The van der Waals surface area contributed by atoms with E-state index in [2.05, 4.69) is 10.3 Å². The summed E-state index contributed by atoms with van der Waals surface area (Å²) in [5.41, 5.74) is 2.62. The van der Waals surface area contributed by atoms with Gasteiger partial charge in [0.2, 0.25) is 11.8 Å². The summed E-state index contributed by atoms with van der Waals surface area (Å²) >= 11 is 12.7. The molecule has 0 saturated heterocycles. The van der Waals surface area contributed by atoms with E-state index in [0.717, 1.165) is 31.2 Å². The fourth-order valence-corrected chi connectivity index (χ4v) is 4.50. The number of nitrogens with zero attached hydrogens (tertiary/aromatic N) is 2. The molecule has 1 fully saturated rings. The highest BCUT2D eigenvalue weighted by Crippen LogP contribution is 2.31. The van der Waals surface area contributed by atoms with E-state index in [1.807, 2.05) is 18.2 Å².